The second-order valence-electron chi connectivity index (χ2n) is 6.85. The summed E-state index contributed by atoms with van der Waals surface area (Å²) in [5, 5.41) is 2.92. The molecule has 0 spiro atoms. The van der Waals surface area contributed by atoms with Gasteiger partial charge in [-0.15, -0.1) is 11.3 Å². The van der Waals surface area contributed by atoms with Crippen LogP contribution in [-0.4, -0.2) is 28.4 Å². The second kappa shape index (κ2) is 7.92. The molecule has 5 N–H and O–H groups in total. The molecule has 3 amide bonds. The Bertz CT molecular complexity index is 1060. The Balaban J connectivity index is 1.57. The van der Waals surface area contributed by atoms with Gasteiger partial charge in [-0.05, 0) is 29.7 Å². The van der Waals surface area contributed by atoms with Crippen LogP contribution in [-0.2, 0) is 19.5 Å². The third-order valence-electron chi connectivity index (χ3n) is 4.96. The van der Waals surface area contributed by atoms with Crippen LogP contribution in [0.3, 0.4) is 0 Å². The topological polar surface area (TPSA) is 114 Å². The van der Waals surface area contributed by atoms with E-state index in [2.05, 4.69) is 10.3 Å². The first-order valence-electron chi connectivity index (χ1n) is 9.25. The van der Waals surface area contributed by atoms with Crippen LogP contribution in [0, 0.1) is 0 Å². The van der Waals surface area contributed by atoms with Crippen molar-refractivity contribution in [2.75, 3.05) is 12.3 Å². The van der Waals surface area contributed by atoms with Crippen LogP contribution in [0.15, 0.2) is 48.8 Å². The van der Waals surface area contributed by atoms with E-state index in [0.717, 1.165) is 27.1 Å². The van der Waals surface area contributed by atoms with Crippen molar-refractivity contribution in [2.45, 2.75) is 19.5 Å². The molecule has 0 unspecified atom stereocenters. The molecule has 148 valence electrons. The van der Waals surface area contributed by atoms with Gasteiger partial charge in [-0.3, -0.25) is 9.78 Å². The van der Waals surface area contributed by atoms with Crippen LogP contribution in [0.25, 0.3) is 11.1 Å². The van der Waals surface area contributed by atoms with Crippen molar-refractivity contribution in [3.8, 4) is 11.1 Å². The molecule has 2 aromatic heterocycles. The SMILES string of the molecule is NC(=O)c1sc2c(c1-c1ccccc1N)CCN(C(=O)NCc1cccnc1)C2. The minimum Gasteiger partial charge on any atom is -0.398 e. The number of urea groups is 1. The number of nitrogens with zero attached hydrogens (tertiary/aromatic N) is 2. The second-order valence-corrected chi connectivity index (χ2v) is 7.96. The lowest BCUT2D eigenvalue weighted by atomic mass is 9.94. The van der Waals surface area contributed by atoms with Gasteiger partial charge < -0.3 is 21.7 Å². The molecule has 0 bridgehead atoms. The number of amides is 3. The van der Waals surface area contributed by atoms with Gasteiger partial charge in [-0.1, -0.05) is 24.3 Å². The molecule has 0 atom stereocenters. The maximum absolute atomic E-state index is 12.6. The third kappa shape index (κ3) is 3.79. The number of nitrogens with one attached hydrogen (secondary N) is 1. The van der Waals surface area contributed by atoms with E-state index in [0.29, 0.717) is 36.6 Å². The van der Waals surface area contributed by atoms with E-state index in [1.54, 1.807) is 17.3 Å². The highest BCUT2D eigenvalue weighted by Gasteiger charge is 2.29. The van der Waals surface area contributed by atoms with E-state index in [-0.39, 0.29) is 6.03 Å². The fourth-order valence-electron chi connectivity index (χ4n) is 3.55. The van der Waals surface area contributed by atoms with Crippen molar-refractivity contribution in [3.05, 3.63) is 69.7 Å². The summed E-state index contributed by atoms with van der Waals surface area (Å²) in [6, 6.07) is 11.1. The molecule has 0 fully saturated rings. The first kappa shape index (κ1) is 18.9. The van der Waals surface area contributed by atoms with Gasteiger partial charge in [0.2, 0.25) is 0 Å². The average Bonchev–Trinajstić information content (AvgIpc) is 3.12. The van der Waals surface area contributed by atoms with Crippen molar-refractivity contribution in [2.24, 2.45) is 5.73 Å². The number of pyridine rings is 1. The van der Waals surface area contributed by atoms with Gasteiger partial charge in [0.25, 0.3) is 5.91 Å². The Kier molecular flexibility index (Phi) is 5.18. The Labute approximate surface area is 172 Å². The Morgan fingerprint density at radius 2 is 2.03 bits per heavy atom. The Morgan fingerprint density at radius 1 is 1.21 bits per heavy atom. The summed E-state index contributed by atoms with van der Waals surface area (Å²) in [7, 11) is 0. The maximum Gasteiger partial charge on any atom is 0.318 e. The van der Waals surface area contributed by atoms with Gasteiger partial charge in [0.1, 0.15) is 4.88 Å². The zero-order valence-corrected chi connectivity index (χ0v) is 16.5. The molecule has 3 heterocycles. The number of hydrogen-bond acceptors (Lipinski definition) is 5. The van der Waals surface area contributed by atoms with Gasteiger partial charge in [-0.2, -0.15) is 0 Å². The predicted molar refractivity (Wildman–Crippen MR) is 113 cm³/mol. The zero-order valence-electron chi connectivity index (χ0n) is 15.7. The molecular weight excluding hydrogens is 386 g/mol. The van der Waals surface area contributed by atoms with Crippen LogP contribution in [0.1, 0.15) is 25.7 Å². The van der Waals surface area contributed by atoms with Gasteiger partial charge in [-0.25, -0.2) is 4.79 Å². The van der Waals surface area contributed by atoms with E-state index in [9.17, 15) is 9.59 Å². The lowest BCUT2D eigenvalue weighted by Crippen LogP contribution is -2.42. The first-order chi connectivity index (χ1) is 14.0. The van der Waals surface area contributed by atoms with E-state index in [1.165, 1.54) is 11.3 Å². The normalized spacial score (nSPS) is 13.0. The summed E-state index contributed by atoms with van der Waals surface area (Å²) in [6.07, 6.45) is 4.06. The van der Waals surface area contributed by atoms with E-state index >= 15 is 0 Å². The molecule has 1 aliphatic heterocycles. The average molecular weight is 407 g/mol. The Hall–Kier alpha value is -3.39. The maximum atomic E-state index is 12.6. The quantitative estimate of drug-likeness (QED) is 0.577. The highest BCUT2D eigenvalue weighted by atomic mass is 32.1. The smallest absolute Gasteiger partial charge is 0.318 e. The number of nitrogen functional groups attached to an aromatic ring is 1. The number of carbonyl (C=O) groups excluding carboxylic acids is 2. The van der Waals surface area contributed by atoms with E-state index < -0.39 is 5.91 Å². The van der Waals surface area contributed by atoms with Gasteiger partial charge in [0, 0.05) is 47.2 Å². The number of carbonyl (C=O) groups is 2. The van der Waals surface area contributed by atoms with Crippen LogP contribution in [0.5, 0.6) is 0 Å². The minimum absolute atomic E-state index is 0.144. The largest absolute Gasteiger partial charge is 0.398 e. The summed E-state index contributed by atoms with van der Waals surface area (Å²) >= 11 is 1.35. The number of fused-ring (bicyclic) bond motifs is 1. The van der Waals surface area contributed by atoms with Crippen LogP contribution >= 0.6 is 11.3 Å². The summed E-state index contributed by atoms with van der Waals surface area (Å²) in [6.45, 7) is 1.41. The van der Waals surface area contributed by atoms with Crippen molar-refractivity contribution < 1.29 is 9.59 Å². The van der Waals surface area contributed by atoms with Crippen LogP contribution in [0.4, 0.5) is 10.5 Å². The Morgan fingerprint density at radius 3 is 2.76 bits per heavy atom. The number of aromatic nitrogens is 1. The molecule has 0 saturated carbocycles. The monoisotopic (exact) mass is 407 g/mol. The zero-order chi connectivity index (χ0) is 20.4. The van der Waals surface area contributed by atoms with Gasteiger partial charge in [0.05, 0.1) is 6.54 Å². The van der Waals surface area contributed by atoms with Crippen molar-refractivity contribution in [1.29, 1.82) is 0 Å². The summed E-state index contributed by atoms with van der Waals surface area (Å²) in [5.41, 5.74) is 16.0. The fourth-order valence-corrected chi connectivity index (χ4v) is 4.78. The van der Waals surface area contributed by atoms with Crippen molar-refractivity contribution >= 4 is 29.0 Å². The van der Waals surface area contributed by atoms with Crippen molar-refractivity contribution in [3.63, 3.8) is 0 Å². The molecule has 29 heavy (non-hydrogen) atoms. The van der Waals surface area contributed by atoms with Crippen LogP contribution < -0.4 is 16.8 Å². The standard InChI is InChI=1S/C21H21N5O2S/c22-16-6-2-1-5-14(16)18-15-7-9-26(12-17(15)29-19(18)20(23)27)21(28)25-11-13-4-3-8-24-10-13/h1-6,8,10H,7,9,11-12,22H2,(H2,23,27)(H,25,28). The molecule has 1 aliphatic rings. The number of thiophene rings is 1. The lowest BCUT2D eigenvalue weighted by molar-refractivity contribution is 0.100. The first-order valence-corrected chi connectivity index (χ1v) is 10.1. The van der Waals surface area contributed by atoms with Gasteiger partial charge >= 0.3 is 6.03 Å². The number of rotatable bonds is 4. The molecule has 1 aromatic carbocycles. The number of benzene rings is 1. The molecule has 0 aliphatic carbocycles. The lowest BCUT2D eigenvalue weighted by Gasteiger charge is -2.27. The van der Waals surface area contributed by atoms with E-state index in [4.69, 9.17) is 11.5 Å². The highest BCUT2D eigenvalue weighted by Crippen LogP contribution is 2.41. The summed E-state index contributed by atoms with van der Waals surface area (Å²) in [4.78, 5) is 32.0. The fraction of sp³-hybridized carbons (Fsp3) is 0.190. The molecule has 4 rings (SSSR count). The third-order valence-corrected chi connectivity index (χ3v) is 6.20. The molecular formula is C21H21N5O2S. The summed E-state index contributed by atoms with van der Waals surface area (Å²) < 4.78 is 0. The molecule has 8 heteroatoms. The molecule has 7 nitrogen and oxygen atoms in total. The van der Waals surface area contributed by atoms with Crippen LogP contribution in [0.2, 0.25) is 0 Å². The highest BCUT2D eigenvalue weighted by molar-refractivity contribution is 7.14. The van der Waals surface area contributed by atoms with E-state index in [1.807, 2.05) is 36.4 Å². The number of para-hydroxylation sites is 1. The molecule has 0 saturated heterocycles. The van der Waals surface area contributed by atoms with Crippen molar-refractivity contribution in [1.82, 2.24) is 15.2 Å². The molecule has 0 radical (unpaired) electrons. The predicted octanol–water partition coefficient (Wildman–Crippen LogP) is 2.76. The molecule has 3 aromatic rings. The summed E-state index contributed by atoms with van der Waals surface area (Å²) in [5.74, 6) is -0.477. The number of hydrogen-bond donors (Lipinski definition) is 3. The van der Waals surface area contributed by atoms with Gasteiger partial charge in [0.15, 0.2) is 0 Å². The number of primary amides is 1. The number of nitrogens with two attached hydrogens (primary N) is 2. The minimum atomic E-state index is -0.477. The number of anilines is 1.